The molecule has 1 saturated heterocycles. The second kappa shape index (κ2) is 6.63. The van der Waals surface area contributed by atoms with Crippen LogP contribution < -0.4 is 5.73 Å². The second-order valence-corrected chi connectivity index (χ2v) is 4.58. The van der Waals surface area contributed by atoms with Crippen molar-refractivity contribution in [3.8, 4) is 0 Å². The Morgan fingerprint density at radius 2 is 2.11 bits per heavy atom. The molecule has 2 rings (SSSR count). The fourth-order valence-electron chi connectivity index (χ4n) is 2.31. The van der Waals surface area contributed by atoms with Gasteiger partial charge in [-0.05, 0) is 32.9 Å². The maximum Gasteiger partial charge on any atom is 0.360 e. The molecule has 1 aromatic rings. The number of carbonyl (C=O) groups excluding carboxylic acids is 1. The van der Waals surface area contributed by atoms with Crippen molar-refractivity contribution >= 4 is 5.97 Å². The van der Waals surface area contributed by atoms with Crippen molar-refractivity contribution in [1.82, 2.24) is 19.9 Å². The molecule has 7 nitrogen and oxygen atoms in total. The SMILES string of the molecule is CCOC(=O)c1nnn(CCN2CCCC2)c1CN. The molecule has 0 unspecified atom stereocenters. The number of aromatic nitrogens is 3. The van der Waals surface area contributed by atoms with E-state index in [1.807, 2.05) is 0 Å². The molecule has 0 aromatic carbocycles. The number of rotatable bonds is 6. The first kappa shape index (κ1) is 14.0. The van der Waals surface area contributed by atoms with Gasteiger partial charge in [-0.2, -0.15) is 0 Å². The van der Waals surface area contributed by atoms with Crippen LogP contribution in [0, 0.1) is 0 Å². The number of hydrogen-bond donors (Lipinski definition) is 1. The number of nitrogens with zero attached hydrogens (tertiary/aromatic N) is 4. The molecule has 1 fully saturated rings. The molecular formula is C12H21N5O2. The van der Waals surface area contributed by atoms with Gasteiger partial charge in [-0.15, -0.1) is 5.10 Å². The molecule has 1 aliphatic rings. The smallest absolute Gasteiger partial charge is 0.360 e. The summed E-state index contributed by atoms with van der Waals surface area (Å²) < 4.78 is 6.65. The molecule has 0 radical (unpaired) electrons. The first-order chi connectivity index (χ1) is 9.26. The van der Waals surface area contributed by atoms with E-state index in [1.54, 1.807) is 11.6 Å². The van der Waals surface area contributed by atoms with Gasteiger partial charge < -0.3 is 15.4 Å². The molecule has 2 N–H and O–H groups in total. The Morgan fingerprint density at radius 3 is 2.74 bits per heavy atom. The highest BCUT2D eigenvalue weighted by Gasteiger charge is 2.20. The molecule has 7 heteroatoms. The maximum absolute atomic E-state index is 11.7. The van der Waals surface area contributed by atoms with Crippen molar-refractivity contribution in [3.63, 3.8) is 0 Å². The lowest BCUT2D eigenvalue weighted by atomic mass is 10.3. The van der Waals surface area contributed by atoms with Gasteiger partial charge in [-0.25, -0.2) is 9.48 Å². The lowest BCUT2D eigenvalue weighted by Crippen LogP contribution is -2.25. The van der Waals surface area contributed by atoms with Crippen molar-refractivity contribution in [1.29, 1.82) is 0 Å². The summed E-state index contributed by atoms with van der Waals surface area (Å²) in [5, 5.41) is 7.90. The Balaban J connectivity index is 2.01. The molecule has 106 valence electrons. The van der Waals surface area contributed by atoms with Gasteiger partial charge in [-0.3, -0.25) is 0 Å². The fourth-order valence-corrected chi connectivity index (χ4v) is 2.31. The van der Waals surface area contributed by atoms with Crippen LogP contribution >= 0.6 is 0 Å². The van der Waals surface area contributed by atoms with Crippen LogP contribution in [0.2, 0.25) is 0 Å². The molecule has 19 heavy (non-hydrogen) atoms. The Bertz CT molecular complexity index is 426. The molecule has 0 amide bonds. The second-order valence-electron chi connectivity index (χ2n) is 4.58. The quantitative estimate of drug-likeness (QED) is 0.731. The van der Waals surface area contributed by atoms with Gasteiger partial charge in [0.2, 0.25) is 0 Å². The Kier molecular flexibility index (Phi) is 4.86. The van der Waals surface area contributed by atoms with Crippen LogP contribution in [0.3, 0.4) is 0 Å². The minimum Gasteiger partial charge on any atom is -0.461 e. The van der Waals surface area contributed by atoms with Crippen LogP contribution in [0.4, 0.5) is 0 Å². The van der Waals surface area contributed by atoms with E-state index in [1.165, 1.54) is 12.8 Å². The van der Waals surface area contributed by atoms with E-state index >= 15 is 0 Å². The number of ether oxygens (including phenoxy) is 1. The van der Waals surface area contributed by atoms with Gasteiger partial charge in [0, 0.05) is 13.1 Å². The minimum absolute atomic E-state index is 0.237. The summed E-state index contributed by atoms with van der Waals surface area (Å²) in [6.45, 7) is 6.22. The van der Waals surface area contributed by atoms with E-state index in [2.05, 4.69) is 15.2 Å². The highest BCUT2D eigenvalue weighted by Crippen LogP contribution is 2.10. The first-order valence-corrected chi connectivity index (χ1v) is 6.78. The zero-order chi connectivity index (χ0) is 13.7. The maximum atomic E-state index is 11.7. The molecule has 1 aliphatic heterocycles. The van der Waals surface area contributed by atoms with Crippen LogP contribution in [0.1, 0.15) is 35.9 Å². The molecular weight excluding hydrogens is 246 g/mol. The number of nitrogens with two attached hydrogens (primary N) is 1. The standard InChI is InChI=1S/C12H21N5O2/c1-2-19-12(18)11-10(9-13)17(15-14-11)8-7-16-5-3-4-6-16/h2-9,13H2,1H3. The largest absolute Gasteiger partial charge is 0.461 e. The summed E-state index contributed by atoms with van der Waals surface area (Å²) in [4.78, 5) is 14.1. The van der Waals surface area contributed by atoms with Gasteiger partial charge in [0.15, 0.2) is 5.69 Å². The molecule has 0 spiro atoms. The zero-order valence-corrected chi connectivity index (χ0v) is 11.3. The van der Waals surface area contributed by atoms with E-state index in [0.29, 0.717) is 18.8 Å². The first-order valence-electron chi connectivity index (χ1n) is 6.78. The number of hydrogen-bond acceptors (Lipinski definition) is 6. The van der Waals surface area contributed by atoms with Gasteiger partial charge in [0.25, 0.3) is 0 Å². The number of carbonyl (C=O) groups is 1. The predicted molar refractivity (Wildman–Crippen MR) is 69.5 cm³/mol. The molecule has 1 aromatic heterocycles. The Labute approximate surface area is 112 Å². The monoisotopic (exact) mass is 267 g/mol. The third-order valence-corrected chi connectivity index (χ3v) is 3.33. The summed E-state index contributed by atoms with van der Waals surface area (Å²) in [6, 6.07) is 0. The van der Waals surface area contributed by atoms with Crippen molar-refractivity contribution in [2.24, 2.45) is 5.73 Å². The molecule has 0 bridgehead atoms. The lowest BCUT2D eigenvalue weighted by molar-refractivity contribution is 0.0518. The Morgan fingerprint density at radius 1 is 1.37 bits per heavy atom. The van der Waals surface area contributed by atoms with Gasteiger partial charge >= 0.3 is 5.97 Å². The van der Waals surface area contributed by atoms with Gasteiger partial charge in [0.1, 0.15) is 0 Å². The van der Waals surface area contributed by atoms with E-state index in [-0.39, 0.29) is 12.2 Å². The van der Waals surface area contributed by atoms with Gasteiger partial charge in [-0.1, -0.05) is 5.21 Å². The highest BCUT2D eigenvalue weighted by atomic mass is 16.5. The van der Waals surface area contributed by atoms with E-state index < -0.39 is 5.97 Å². The van der Waals surface area contributed by atoms with Crippen molar-refractivity contribution in [3.05, 3.63) is 11.4 Å². The zero-order valence-electron chi connectivity index (χ0n) is 11.3. The summed E-state index contributed by atoms with van der Waals surface area (Å²) in [6.07, 6.45) is 2.52. The van der Waals surface area contributed by atoms with Crippen LogP contribution in [0.15, 0.2) is 0 Å². The highest BCUT2D eigenvalue weighted by molar-refractivity contribution is 5.88. The summed E-state index contributed by atoms with van der Waals surface area (Å²) in [5.41, 5.74) is 6.58. The van der Waals surface area contributed by atoms with Crippen LogP contribution in [0.25, 0.3) is 0 Å². The predicted octanol–water partition coefficient (Wildman–Crippen LogP) is 0.00930. The normalized spacial score (nSPS) is 15.9. The fraction of sp³-hybridized carbons (Fsp3) is 0.750. The van der Waals surface area contributed by atoms with E-state index in [9.17, 15) is 4.79 Å². The third-order valence-electron chi connectivity index (χ3n) is 3.33. The van der Waals surface area contributed by atoms with Crippen LogP contribution in [-0.4, -0.2) is 52.1 Å². The number of esters is 1. The average Bonchev–Trinajstić information content (AvgIpc) is 3.05. The molecule has 0 aliphatic carbocycles. The summed E-state index contributed by atoms with van der Waals surface area (Å²) >= 11 is 0. The Hall–Kier alpha value is -1.47. The topological polar surface area (TPSA) is 86.3 Å². The van der Waals surface area contributed by atoms with Crippen molar-refractivity contribution < 1.29 is 9.53 Å². The van der Waals surface area contributed by atoms with Gasteiger partial charge in [0.05, 0.1) is 18.8 Å². The lowest BCUT2D eigenvalue weighted by Gasteiger charge is -2.14. The van der Waals surface area contributed by atoms with E-state index in [4.69, 9.17) is 10.5 Å². The molecule has 0 saturated carbocycles. The molecule has 2 heterocycles. The number of likely N-dealkylation sites (tertiary alicyclic amines) is 1. The van der Waals surface area contributed by atoms with E-state index in [0.717, 1.165) is 19.6 Å². The van der Waals surface area contributed by atoms with Crippen molar-refractivity contribution in [2.45, 2.75) is 32.9 Å². The van der Waals surface area contributed by atoms with Crippen LogP contribution in [-0.2, 0) is 17.8 Å². The van der Waals surface area contributed by atoms with Crippen molar-refractivity contribution in [2.75, 3.05) is 26.2 Å². The summed E-state index contributed by atoms with van der Waals surface area (Å²) in [5.74, 6) is -0.449. The average molecular weight is 267 g/mol. The van der Waals surface area contributed by atoms with Crippen LogP contribution in [0.5, 0.6) is 0 Å². The third kappa shape index (κ3) is 3.30. The minimum atomic E-state index is -0.449. The summed E-state index contributed by atoms with van der Waals surface area (Å²) in [7, 11) is 0. The molecule has 0 atom stereocenters.